The lowest BCUT2D eigenvalue weighted by molar-refractivity contribution is -0.140. The van der Waals surface area contributed by atoms with Gasteiger partial charge in [0.2, 0.25) is 17.7 Å². The van der Waals surface area contributed by atoms with Crippen LogP contribution in [0.25, 0.3) is 0 Å². The zero-order valence-corrected chi connectivity index (χ0v) is 16.8. The number of halogens is 2. The molecule has 3 fully saturated rings. The number of benzene rings is 1. The van der Waals surface area contributed by atoms with Gasteiger partial charge in [0.05, 0.1) is 16.9 Å². The number of rotatable bonds is 4. The van der Waals surface area contributed by atoms with Gasteiger partial charge in [0.25, 0.3) is 0 Å². The summed E-state index contributed by atoms with van der Waals surface area (Å²) in [5.74, 6) is 0.118. The van der Waals surface area contributed by atoms with Gasteiger partial charge in [-0.1, -0.05) is 11.6 Å². The van der Waals surface area contributed by atoms with E-state index in [2.05, 4.69) is 21.2 Å². The summed E-state index contributed by atoms with van der Waals surface area (Å²) in [6, 6.07) is 3.55. The van der Waals surface area contributed by atoms with Crippen molar-refractivity contribution in [2.45, 2.75) is 32.6 Å². The molecule has 2 bridgehead atoms. The molecule has 0 spiro atoms. The average molecular weight is 440 g/mol. The van der Waals surface area contributed by atoms with E-state index in [4.69, 9.17) is 11.6 Å². The molecule has 1 aromatic rings. The first kappa shape index (κ1) is 18.0. The van der Waals surface area contributed by atoms with Crippen molar-refractivity contribution in [3.8, 4) is 0 Å². The van der Waals surface area contributed by atoms with E-state index in [1.54, 1.807) is 12.1 Å². The molecule has 1 aromatic carbocycles. The second-order valence-electron chi connectivity index (χ2n) is 7.54. The summed E-state index contributed by atoms with van der Waals surface area (Å²) in [4.78, 5) is 38.9. The van der Waals surface area contributed by atoms with E-state index in [1.165, 1.54) is 4.90 Å². The quantitative estimate of drug-likeness (QED) is 0.726. The third-order valence-electron chi connectivity index (χ3n) is 6.19. The fourth-order valence-corrected chi connectivity index (χ4v) is 5.50. The summed E-state index contributed by atoms with van der Waals surface area (Å²) in [6.07, 6.45) is 3.23. The van der Waals surface area contributed by atoms with Crippen molar-refractivity contribution in [3.05, 3.63) is 27.2 Å². The zero-order valence-electron chi connectivity index (χ0n) is 14.4. The molecule has 26 heavy (non-hydrogen) atoms. The summed E-state index contributed by atoms with van der Waals surface area (Å²) in [5.41, 5.74) is 1.41. The van der Waals surface area contributed by atoms with Crippen molar-refractivity contribution >= 4 is 50.9 Å². The molecule has 2 aliphatic carbocycles. The number of amides is 3. The molecule has 7 heteroatoms. The third kappa shape index (κ3) is 2.78. The van der Waals surface area contributed by atoms with Gasteiger partial charge in [-0.3, -0.25) is 19.3 Å². The van der Waals surface area contributed by atoms with Gasteiger partial charge >= 0.3 is 0 Å². The smallest absolute Gasteiger partial charge is 0.233 e. The topological polar surface area (TPSA) is 66.5 Å². The van der Waals surface area contributed by atoms with Crippen LogP contribution in [0.3, 0.4) is 0 Å². The van der Waals surface area contributed by atoms with Gasteiger partial charge in [-0.15, -0.1) is 0 Å². The molecule has 5 nitrogen and oxygen atoms in total. The molecule has 0 radical (unpaired) electrons. The van der Waals surface area contributed by atoms with Crippen LogP contribution in [-0.2, 0) is 14.4 Å². The summed E-state index contributed by atoms with van der Waals surface area (Å²) >= 11 is 9.52. The molecule has 4 atom stereocenters. The molecule has 0 aromatic heterocycles. The van der Waals surface area contributed by atoms with Crippen LogP contribution in [0.2, 0.25) is 5.02 Å². The lowest BCUT2D eigenvalue weighted by Crippen LogP contribution is -2.35. The maximum Gasteiger partial charge on any atom is 0.233 e. The Morgan fingerprint density at radius 1 is 1.23 bits per heavy atom. The van der Waals surface area contributed by atoms with Gasteiger partial charge in [-0.05, 0) is 71.6 Å². The number of imide groups is 1. The highest BCUT2D eigenvalue weighted by molar-refractivity contribution is 9.10. The van der Waals surface area contributed by atoms with Gasteiger partial charge in [0.1, 0.15) is 0 Å². The van der Waals surface area contributed by atoms with E-state index >= 15 is 0 Å². The standard InChI is InChI=1S/C19H20BrClN2O3/c1-9-13(5-4-12(20)17(9)21)22-14(24)6-7-23-18(25)15-10-2-3-11(8-10)16(15)19(23)26/h4-5,10-11,15-16H,2-3,6-8H2,1H3,(H,22,24)/t10-,11+,15-,16-/m0/s1. The lowest BCUT2D eigenvalue weighted by Gasteiger charge is -2.19. The molecular formula is C19H20BrClN2O3. The van der Waals surface area contributed by atoms with Crippen LogP contribution in [-0.4, -0.2) is 29.2 Å². The van der Waals surface area contributed by atoms with Gasteiger partial charge < -0.3 is 5.32 Å². The molecule has 1 saturated heterocycles. The van der Waals surface area contributed by atoms with Gasteiger partial charge in [-0.25, -0.2) is 0 Å². The van der Waals surface area contributed by atoms with Crippen molar-refractivity contribution < 1.29 is 14.4 Å². The van der Waals surface area contributed by atoms with Gasteiger partial charge in [0, 0.05) is 23.1 Å². The van der Waals surface area contributed by atoms with Crippen molar-refractivity contribution in [1.82, 2.24) is 4.90 Å². The molecular weight excluding hydrogens is 420 g/mol. The number of nitrogens with one attached hydrogen (secondary N) is 1. The summed E-state index contributed by atoms with van der Waals surface area (Å²) in [6.45, 7) is 1.98. The highest BCUT2D eigenvalue weighted by Gasteiger charge is 2.60. The minimum absolute atomic E-state index is 0.0668. The first-order chi connectivity index (χ1) is 12.4. The van der Waals surface area contributed by atoms with Crippen molar-refractivity contribution in [2.24, 2.45) is 23.7 Å². The van der Waals surface area contributed by atoms with Crippen LogP contribution in [0, 0.1) is 30.6 Å². The maximum absolute atomic E-state index is 12.6. The zero-order chi connectivity index (χ0) is 18.6. The average Bonchev–Trinajstić information content (AvgIpc) is 3.28. The van der Waals surface area contributed by atoms with E-state index in [0.717, 1.165) is 29.3 Å². The molecule has 3 aliphatic rings. The normalized spacial score (nSPS) is 29.4. The minimum Gasteiger partial charge on any atom is -0.326 e. The Bertz CT molecular complexity index is 784. The number of fused-ring (bicyclic) bond motifs is 5. The molecule has 1 aliphatic heterocycles. The molecule has 3 amide bonds. The molecule has 1 N–H and O–H groups in total. The Kier molecular flexibility index (Phi) is 4.59. The summed E-state index contributed by atoms with van der Waals surface area (Å²) in [5, 5.41) is 3.37. The highest BCUT2D eigenvalue weighted by atomic mass is 79.9. The van der Waals surface area contributed by atoms with Crippen LogP contribution in [0.1, 0.15) is 31.2 Å². The van der Waals surface area contributed by atoms with Gasteiger partial charge in [-0.2, -0.15) is 0 Å². The molecule has 2 saturated carbocycles. The summed E-state index contributed by atoms with van der Waals surface area (Å²) < 4.78 is 0.768. The fraction of sp³-hybridized carbons (Fsp3) is 0.526. The Balaban J connectivity index is 1.39. The SMILES string of the molecule is Cc1c(NC(=O)CCN2C(=O)[C@H]3[C@@H]4CC[C@@H](C4)[C@@H]3C2=O)ccc(Br)c1Cl. The van der Waals surface area contributed by atoms with Crippen LogP contribution in [0.5, 0.6) is 0 Å². The van der Waals surface area contributed by atoms with E-state index in [0.29, 0.717) is 22.5 Å². The second kappa shape index (κ2) is 6.64. The van der Waals surface area contributed by atoms with Gasteiger partial charge in [0.15, 0.2) is 0 Å². The van der Waals surface area contributed by atoms with E-state index in [-0.39, 0.29) is 42.5 Å². The van der Waals surface area contributed by atoms with Crippen LogP contribution < -0.4 is 5.32 Å². The van der Waals surface area contributed by atoms with Crippen LogP contribution in [0.4, 0.5) is 5.69 Å². The van der Waals surface area contributed by atoms with Crippen molar-refractivity contribution in [1.29, 1.82) is 0 Å². The Morgan fingerprint density at radius 2 is 1.85 bits per heavy atom. The van der Waals surface area contributed by atoms with E-state index in [9.17, 15) is 14.4 Å². The largest absolute Gasteiger partial charge is 0.326 e. The second-order valence-corrected chi connectivity index (χ2v) is 8.78. The maximum atomic E-state index is 12.6. The number of anilines is 1. The number of carbonyl (C=O) groups excluding carboxylic acids is 3. The summed E-state index contributed by atoms with van der Waals surface area (Å²) in [7, 11) is 0. The molecule has 0 unspecified atom stereocenters. The first-order valence-electron chi connectivity index (χ1n) is 8.98. The minimum atomic E-state index is -0.230. The molecule has 138 valence electrons. The predicted octanol–water partition coefficient (Wildman–Crippen LogP) is 3.77. The number of hydrogen-bond acceptors (Lipinski definition) is 3. The predicted molar refractivity (Wildman–Crippen MR) is 102 cm³/mol. The number of carbonyl (C=O) groups is 3. The lowest BCUT2D eigenvalue weighted by atomic mass is 9.81. The fourth-order valence-electron chi connectivity index (χ4n) is 4.90. The van der Waals surface area contributed by atoms with E-state index < -0.39 is 0 Å². The Labute approximate surface area is 165 Å². The van der Waals surface area contributed by atoms with Crippen molar-refractivity contribution in [2.75, 3.05) is 11.9 Å². The highest BCUT2D eigenvalue weighted by Crippen LogP contribution is 2.56. The monoisotopic (exact) mass is 438 g/mol. The van der Waals surface area contributed by atoms with Crippen molar-refractivity contribution in [3.63, 3.8) is 0 Å². The molecule has 4 rings (SSSR count). The van der Waals surface area contributed by atoms with E-state index in [1.807, 2.05) is 6.92 Å². The number of hydrogen-bond donors (Lipinski definition) is 1. The Morgan fingerprint density at radius 3 is 2.46 bits per heavy atom. The molecule has 1 heterocycles. The first-order valence-corrected chi connectivity index (χ1v) is 10.1. The number of nitrogens with zero attached hydrogens (tertiary/aromatic N) is 1. The van der Waals surface area contributed by atoms with Crippen LogP contribution >= 0.6 is 27.5 Å². The number of likely N-dealkylation sites (tertiary alicyclic amines) is 1. The Hall–Kier alpha value is -1.40. The third-order valence-corrected chi connectivity index (χ3v) is 7.57. The van der Waals surface area contributed by atoms with Crippen LogP contribution in [0.15, 0.2) is 16.6 Å².